The molecule has 1 saturated carbocycles. The van der Waals surface area contributed by atoms with Crippen LogP contribution in [0.5, 0.6) is 0 Å². The van der Waals surface area contributed by atoms with Crippen LogP contribution in [0.3, 0.4) is 0 Å². The highest BCUT2D eigenvalue weighted by Crippen LogP contribution is 2.30. The van der Waals surface area contributed by atoms with Gasteiger partial charge in [0, 0.05) is 17.6 Å². The number of amides is 1. The number of hydrogen-bond acceptors (Lipinski definition) is 6. The lowest BCUT2D eigenvalue weighted by Gasteiger charge is -2.26. The van der Waals surface area contributed by atoms with Crippen LogP contribution in [0.15, 0.2) is 23.0 Å². The van der Waals surface area contributed by atoms with E-state index in [0.29, 0.717) is 16.7 Å². The lowest BCUT2D eigenvalue weighted by molar-refractivity contribution is -0.156. The summed E-state index contributed by atoms with van der Waals surface area (Å²) in [5, 5.41) is 2.71. The van der Waals surface area contributed by atoms with Crippen LogP contribution >= 0.6 is 0 Å². The van der Waals surface area contributed by atoms with Crippen molar-refractivity contribution in [3.05, 3.63) is 28.7 Å². The average Bonchev–Trinajstić information content (AvgIpc) is 3.23. The maximum absolute atomic E-state index is 12.5. The van der Waals surface area contributed by atoms with Crippen LogP contribution in [-0.2, 0) is 14.3 Å². The van der Waals surface area contributed by atoms with Gasteiger partial charge >= 0.3 is 11.7 Å². The number of H-pyrrole nitrogens is 2. The van der Waals surface area contributed by atoms with Crippen molar-refractivity contribution in [1.82, 2.24) is 20.8 Å². The van der Waals surface area contributed by atoms with Gasteiger partial charge in [0.25, 0.3) is 5.91 Å². The van der Waals surface area contributed by atoms with Gasteiger partial charge in [-0.3, -0.25) is 15.0 Å². The molecule has 27 heavy (non-hydrogen) atoms. The first kappa shape index (κ1) is 17.7. The number of rotatable bonds is 4. The SMILES string of the molecule is CC(OC(=O)C1NNC2CCCCC21)C(=O)Nc1ccc2[nH]c(=O)[nH]c2c1. The summed E-state index contributed by atoms with van der Waals surface area (Å²) >= 11 is 0. The summed E-state index contributed by atoms with van der Waals surface area (Å²) in [6.07, 6.45) is 3.35. The third-order valence-electron chi connectivity index (χ3n) is 5.37. The Balaban J connectivity index is 1.36. The molecule has 2 heterocycles. The van der Waals surface area contributed by atoms with E-state index in [4.69, 9.17) is 4.74 Å². The van der Waals surface area contributed by atoms with Crippen LogP contribution in [0.25, 0.3) is 11.0 Å². The minimum absolute atomic E-state index is 0.203. The zero-order valence-electron chi connectivity index (χ0n) is 15.0. The Hall–Kier alpha value is -2.65. The number of anilines is 1. The van der Waals surface area contributed by atoms with Crippen LogP contribution in [0.4, 0.5) is 5.69 Å². The van der Waals surface area contributed by atoms with Gasteiger partial charge in [-0.25, -0.2) is 10.2 Å². The number of nitrogens with one attached hydrogen (secondary N) is 5. The topological polar surface area (TPSA) is 128 Å². The molecule has 4 unspecified atom stereocenters. The highest BCUT2D eigenvalue weighted by Gasteiger charge is 2.42. The number of aromatic nitrogens is 2. The van der Waals surface area contributed by atoms with E-state index >= 15 is 0 Å². The van der Waals surface area contributed by atoms with E-state index in [1.807, 2.05) is 0 Å². The second-order valence-electron chi connectivity index (χ2n) is 7.23. The Morgan fingerprint density at radius 2 is 1.93 bits per heavy atom. The number of ether oxygens (including phenoxy) is 1. The van der Waals surface area contributed by atoms with Gasteiger partial charge in [0.1, 0.15) is 6.04 Å². The molecule has 1 aliphatic heterocycles. The zero-order chi connectivity index (χ0) is 19.0. The van der Waals surface area contributed by atoms with Gasteiger partial charge in [-0.15, -0.1) is 0 Å². The maximum Gasteiger partial charge on any atom is 0.325 e. The van der Waals surface area contributed by atoms with Gasteiger partial charge in [0.15, 0.2) is 6.10 Å². The predicted octanol–water partition coefficient (Wildman–Crippen LogP) is 0.762. The minimum Gasteiger partial charge on any atom is -0.451 e. The summed E-state index contributed by atoms with van der Waals surface area (Å²) in [5.74, 6) is -0.633. The van der Waals surface area contributed by atoms with Crippen molar-refractivity contribution in [2.75, 3.05) is 5.32 Å². The molecule has 2 fully saturated rings. The molecular weight excluding hydrogens is 350 g/mol. The van der Waals surface area contributed by atoms with Gasteiger partial charge in [0.05, 0.1) is 11.0 Å². The first-order chi connectivity index (χ1) is 13.0. The van der Waals surface area contributed by atoms with Gasteiger partial charge in [-0.05, 0) is 38.0 Å². The Morgan fingerprint density at radius 3 is 2.78 bits per heavy atom. The normalized spacial score (nSPS) is 25.7. The lowest BCUT2D eigenvalue weighted by Crippen LogP contribution is -2.43. The Morgan fingerprint density at radius 1 is 1.15 bits per heavy atom. The first-order valence-electron chi connectivity index (χ1n) is 9.26. The minimum atomic E-state index is -0.928. The van der Waals surface area contributed by atoms with E-state index in [2.05, 4.69) is 26.1 Å². The molecule has 2 aliphatic rings. The lowest BCUT2D eigenvalue weighted by atomic mass is 9.82. The quantitative estimate of drug-likeness (QED) is 0.504. The second kappa shape index (κ2) is 7.16. The molecule has 0 bridgehead atoms. The van der Waals surface area contributed by atoms with Crippen molar-refractivity contribution in [2.24, 2.45) is 5.92 Å². The average molecular weight is 373 g/mol. The molecular formula is C18H23N5O4. The van der Waals surface area contributed by atoms with Crippen LogP contribution in [-0.4, -0.2) is 40.0 Å². The number of imidazole rings is 1. The second-order valence-corrected chi connectivity index (χ2v) is 7.23. The Bertz CT molecular complexity index is 920. The van der Waals surface area contributed by atoms with E-state index in [-0.39, 0.29) is 17.6 Å². The van der Waals surface area contributed by atoms with Crippen LogP contribution < -0.4 is 21.9 Å². The molecule has 1 aliphatic carbocycles. The Kier molecular flexibility index (Phi) is 4.71. The molecule has 9 heteroatoms. The number of carbonyl (C=O) groups excluding carboxylic acids is 2. The van der Waals surface area contributed by atoms with Gasteiger partial charge in [-0.2, -0.15) is 0 Å². The number of benzene rings is 1. The van der Waals surface area contributed by atoms with E-state index < -0.39 is 24.0 Å². The van der Waals surface area contributed by atoms with Gasteiger partial charge in [0.2, 0.25) is 0 Å². The number of fused-ring (bicyclic) bond motifs is 2. The fourth-order valence-electron chi connectivity index (χ4n) is 3.93. The van der Waals surface area contributed by atoms with Crippen molar-refractivity contribution in [2.45, 2.75) is 50.8 Å². The first-order valence-corrected chi connectivity index (χ1v) is 9.26. The number of hydrazine groups is 1. The third kappa shape index (κ3) is 3.60. The highest BCUT2D eigenvalue weighted by atomic mass is 16.5. The molecule has 1 amide bonds. The van der Waals surface area contributed by atoms with Crippen molar-refractivity contribution >= 4 is 28.6 Å². The largest absolute Gasteiger partial charge is 0.451 e. The fourth-order valence-corrected chi connectivity index (χ4v) is 3.93. The molecule has 4 rings (SSSR count). The summed E-state index contributed by atoms with van der Waals surface area (Å²) in [6, 6.07) is 4.88. The third-order valence-corrected chi connectivity index (χ3v) is 5.37. The summed E-state index contributed by atoms with van der Waals surface area (Å²) in [5.41, 5.74) is 7.63. The highest BCUT2D eigenvalue weighted by molar-refractivity contribution is 5.96. The summed E-state index contributed by atoms with van der Waals surface area (Å²) in [4.78, 5) is 41.5. The van der Waals surface area contributed by atoms with Crippen LogP contribution in [0.1, 0.15) is 32.6 Å². The van der Waals surface area contributed by atoms with E-state index in [9.17, 15) is 14.4 Å². The molecule has 0 spiro atoms. The Labute approximate surface area is 155 Å². The molecule has 1 saturated heterocycles. The molecule has 2 aromatic rings. The van der Waals surface area contributed by atoms with Crippen LogP contribution in [0, 0.1) is 5.92 Å². The molecule has 1 aromatic carbocycles. The molecule has 5 N–H and O–H groups in total. The predicted molar refractivity (Wildman–Crippen MR) is 98.9 cm³/mol. The summed E-state index contributed by atoms with van der Waals surface area (Å²) in [7, 11) is 0. The standard InChI is InChI=1S/C18H23N5O4/c1-9(27-17(25)15-11-4-2-3-5-12(11)22-23-15)16(24)19-10-6-7-13-14(8-10)21-18(26)20-13/h6-9,11-12,15,22-23H,2-5H2,1H3,(H,19,24)(H2,20,21,26). The molecule has 0 radical (unpaired) electrons. The number of hydrogen-bond donors (Lipinski definition) is 5. The van der Waals surface area contributed by atoms with E-state index in [1.54, 1.807) is 25.1 Å². The molecule has 4 atom stereocenters. The van der Waals surface area contributed by atoms with Crippen molar-refractivity contribution in [1.29, 1.82) is 0 Å². The molecule has 1 aromatic heterocycles. The van der Waals surface area contributed by atoms with Crippen molar-refractivity contribution < 1.29 is 14.3 Å². The fraction of sp³-hybridized carbons (Fsp3) is 0.500. The van der Waals surface area contributed by atoms with Crippen LogP contribution in [0.2, 0.25) is 0 Å². The van der Waals surface area contributed by atoms with E-state index in [1.165, 1.54) is 0 Å². The summed E-state index contributed by atoms with van der Waals surface area (Å²) in [6.45, 7) is 1.55. The number of esters is 1. The van der Waals surface area contributed by atoms with Gasteiger partial charge in [-0.1, -0.05) is 12.8 Å². The number of aromatic amines is 2. The monoisotopic (exact) mass is 373 g/mol. The maximum atomic E-state index is 12.5. The van der Waals surface area contributed by atoms with Crippen molar-refractivity contribution in [3.63, 3.8) is 0 Å². The van der Waals surface area contributed by atoms with E-state index in [0.717, 1.165) is 25.7 Å². The summed E-state index contributed by atoms with van der Waals surface area (Å²) < 4.78 is 5.39. The molecule has 144 valence electrons. The van der Waals surface area contributed by atoms with Gasteiger partial charge < -0.3 is 20.0 Å². The number of carbonyl (C=O) groups is 2. The van der Waals surface area contributed by atoms with Crippen molar-refractivity contribution in [3.8, 4) is 0 Å². The molecule has 9 nitrogen and oxygen atoms in total. The smallest absolute Gasteiger partial charge is 0.325 e. The zero-order valence-corrected chi connectivity index (χ0v) is 15.0.